The van der Waals surface area contributed by atoms with Crippen molar-refractivity contribution in [3.63, 3.8) is 0 Å². The first-order valence-electron chi connectivity index (χ1n) is 15.7. The molecule has 6 rings (SSSR count). The normalized spacial score (nSPS) is 11.9. The number of benzene rings is 4. The SMILES string of the molecule is Cc1ccc(-c2ccc(/C=C(\NC(=O)c3ccccc3)C(=O)Nc3ccc(SC(C)C(=O)Nc4nc(-c5ccc(Cl)cc5Cl)cs4)cc3)o2)cc1. The maximum absolute atomic E-state index is 13.5. The Bertz CT molecular complexity index is 2220. The van der Waals surface area contributed by atoms with Crippen molar-refractivity contribution < 1.29 is 18.8 Å². The van der Waals surface area contributed by atoms with E-state index in [0.717, 1.165) is 21.6 Å². The molecule has 0 radical (unpaired) electrons. The van der Waals surface area contributed by atoms with E-state index in [0.29, 0.717) is 43.6 Å². The summed E-state index contributed by atoms with van der Waals surface area (Å²) >= 11 is 15.0. The highest BCUT2D eigenvalue weighted by molar-refractivity contribution is 8.00. The van der Waals surface area contributed by atoms with Crippen LogP contribution < -0.4 is 16.0 Å². The molecule has 12 heteroatoms. The van der Waals surface area contributed by atoms with Crippen molar-refractivity contribution in [2.24, 2.45) is 0 Å². The van der Waals surface area contributed by atoms with Crippen molar-refractivity contribution in [2.45, 2.75) is 24.0 Å². The van der Waals surface area contributed by atoms with Gasteiger partial charge in [-0.3, -0.25) is 14.4 Å². The molecule has 3 amide bonds. The minimum Gasteiger partial charge on any atom is -0.457 e. The highest BCUT2D eigenvalue weighted by Gasteiger charge is 2.19. The summed E-state index contributed by atoms with van der Waals surface area (Å²) in [6.45, 7) is 3.80. The molecule has 0 fully saturated rings. The number of thiazole rings is 1. The molecule has 1 unspecified atom stereocenters. The monoisotopic (exact) mass is 752 g/mol. The molecule has 256 valence electrons. The summed E-state index contributed by atoms with van der Waals surface area (Å²) < 4.78 is 6.01. The van der Waals surface area contributed by atoms with Gasteiger partial charge in [-0.1, -0.05) is 71.2 Å². The van der Waals surface area contributed by atoms with Crippen LogP contribution >= 0.6 is 46.3 Å². The molecule has 2 heterocycles. The number of halogens is 2. The summed E-state index contributed by atoms with van der Waals surface area (Å²) in [6.07, 6.45) is 1.49. The Balaban J connectivity index is 1.11. The Morgan fingerprint density at radius 2 is 1.63 bits per heavy atom. The van der Waals surface area contributed by atoms with Gasteiger partial charge < -0.3 is 20.4 Å². The Hall–Kier alpha value is -5.13. The molecule has 0 aliphatic rings. The number of furan rings is 1. The quantitative estimate of drug-likeness (QED) is 0.0897. The molecular weight excluding hydrogens is 723 g/mol. The molecule has 0 spiro atoms. The predicted molar refractivity (Wildman–Crippen MR) is 207 cm³/mol. The maximum atomic E-state index is 13.5. The van der Waals surface area contributed by atoms with Crippen molar-refractivity contribution in [1.82, 2.24) is 10.3 Å². The van der Waals surface area contributed by atoms with Crippen LogP contribution in [-0.4, -0.2) is 28.0 Å². The molecular formula is C39H30Cl2N4O4S2. The summed E-state index contributed by atoms with van der Waals surface area (Å²) in [6, 6.07) is 32.3. The lowest BCUT2D eigenvalue weighted by Crippen LogP contribution is -2.30. The zero-order chi connectivity index (χ0) is 35.9. The van der Waals surface area contributed by atoms with Gasteiger partial charge >= 0.3 is 0 Å². The lowest BCUT2D eigenvalue weighted by atomic mass is 10.1. The average Bonchev–Trinajstić information content (AvgIpc) is 3.79. The molecule has 2 aromatic heterocycles. The second-order valence-corrected chi connectivity index (χ2v) is 14.5. The van der Waals surface area contributed by atoms with E-state index in [-0.39, 0.29) is 11.6 Å². The van der Waals surface area contributed by atoms with Crippen LogP contribution in [0.1, 0.15) is 28.6 Å². The number of nitrogens with zero attached hydrogens (tertiary/aromatic N) is 1. The molecule has 6 aromatic rings. The molecule has 1 atom stereocenters. The lowest BCUT2D eigenvalue weighted by Gasteiger charge is -2.13. The average molecular weight is 754 g/mol. The Labute approximate surface area is 312 Å². The number of thioether (sulfide) groups is 1. The number of hydrogen-bond donors (Lipinski definition) is 3. The van der Waals surface area contributed by atoms with Gasteiger partial charge in [-0.25, -0.2) is 4.98 Å². The van der Waals surface area contributed by atoms with Gasteiger partial charge in [0.2, 0.25) is 5.91 Å². The number of aryl methyl sites for hydroxylation is 1. The zero-order valence-corrected chi connectivity index (χ0v) is 30.4. The predicted octanol–water partition coefficient (Wildman–Crippen LogP) is 10.2. The first kappa shape index (κ1) is 35.7. The van der Waals surface area contributed by atoms with E-state index in [1.807, 2.05) is 42.6 Å². The van der Waals surface area contributed by atoms with Gasteiger partial charge in [0.05, 0.1) is 16.0 Å². The minimum absolute atomic E-state index is 0.00100. The van der Waals surface area contributed by atoms with Crippen LogP contribution in [0, 0.1) is 6.92 Å². The third-order valence-electron chi connectivity index (χ3n) is 7.51. The number of carbonyl (C=O) groups is 3. The molecule has 4 aromatic carbocycles. The molecule has 0 aliphatic heterocycles. The van der Waals surface area contributed by atoms with Crippen LogP contribution in [0.3, 0.4) is 0 Å². The lowest BCUT2D eigenvalue weighted by molar-refractivity contribution is -0.115. The minimum atomic E-state index is -0.538. The number of carbonyl (C=O) groups excluding carboxylic acids is 3. The smallest absolute Gasteiger partial charge is 0.272 e. The molecule has 0 aliphatic carbocycles. The van der Waals surface area contributed by atoms with Crippen molar-refractivity contribution in [2.75, 3.05) is 10.6 Å². The topological polar surface area (TPSA) is 113 Å². The third-order valence-corrected chi connectivity index (χ3v) is 9.93. The van der Waals surface area contributed by atoms with Crippen LogP contribution in [-0.2, 0) is 9.59 Å². The van der Waals surface area contributed by atoms with E-state index in [1.54, 1.807) is 85.8 Å². The first-order valence-corrected chi connectivity index (χ1v) is 18.2. The first-order chi connectivity index (χ1) is 24.6. The van der Waals surface area contributed by atoms with Gasteiger partial charge in [0, 0.05) is 43.8 Å². The van der Waals surface area contributed by atoms with Gasteiger partial charge in [0.25, 0.3) is 11.8 Å². The zero-order valence-electron chi connectivity index (χ0n) is 27.3. The molecule has 0 saturated carbocycles. The van der Waals surface area contributed by atoms with Crippen LogP contribution in [0.15, 0.2) is 130 Å². The van der Waals surface area contributed by atoms with Gasteiger partial charge in [-0.2, -0.15) is 0 Å². The fourth-order valence-corrected chi connectivity index (χ4v) is 6.91. The second-order valence-electron chi connectivity index (χ2n) is 11.3. The number of amides is 3. The standard InChI is InChI=1S/C39H30Cl2N4O4S2/c1-23-8-10-25(11-9-23)35-19-15-29(49-35)21-33(43-37(47)26-6-4-3-5-7-26)38(48)42-28-13-16-30(17-14-28)51-24(2)36(46)45-39-44-34(22-50-39)31-18-12-27(40)20-32(31)41/h3-22,24H,1-2H3,(H,42,48)(H,43,47)(H,44,45,46)/b33-21-. The van der Waals surface area contributed by atoms with Crippen molar-refractivity contribution in [1.29, 1.82) is 0 Å². The van der Waals surface area contributed by atoms with Crippen molar-refractivity contribution in [3.8, 4) is 22.6 Å². The summed E-state index contributed by atoms with van der Waals surface area (Å²) in [5.41, 5.74) is 4.28. The van der Waals surface area contributed by atoms with Crippen molar-refractivity contribution >= 4 is 80.9 Å². The molecule has 8 nitrogen and oxygen atoms in total. The Morgan fingerprint density at radius 3 is 2.35 bits per heavy atom. The third kappa shape index (κ3) is 9.36. The van der Waals surface area contributed by atoms with Gasteiger partial charge in [0.1, 0.15) is 17.2 Å². The number of anilines is 2. The van der Waals surface area contributed by atoms with E-state index < -0.39 is 17.1 Å². The number of hydrogen-bond acceptors (Lipinski definition) is 7. The number of aromatic nitrogens is 1. The fourth-order valence-electron chi connectivity index (χ4n) is 4.82. The van der Waals surface area contributed by atoms with E-state index in [9.17, 15) is 14.4 Å². The highest BCUT2D eigenvalue weighted by atomic mass is 35.5. The molecule has 0 bridgehead atoms. The van der Waals surface area contributed by atoms with Crippen LogP contribution in [0.2, 0.25) is 10.0 Å². The highest BCUT2D eigenvalue weighted by Crippen LogP contribution is 2.33. The van der Waals surface area contributed by atoms with E-state index in [4.69, 9.17) is 27.6 Å². The van der Waals surface area contributed by atoms with Gasteiger partial charge in [-0.05, 0) is 80.6 Å². The van der Waals surface area contributed by atoms with Gasteiger partial charge in [0.15, 0.2) is 5.13 Å². The largest absolute Gasteiger partial charge is 0.457 e. The fraction of sp³-hybridized carbons (Fsp3) is 0.0769. The van der Waals surface area contributed by atoms with Crippen molar-refractivity contribution in [3.05, 3.63) is 147 Å². The van der Waals surface area contributed by atoms with Crippen LogP contribution in [0.4, 0.5) is 10.8 Å². The van der Waals surface area contributed by atoms with E-state index in [1.165, 1.54) is 29.2 Å². The number of rotatable bonds is 11. The summed E-state index contributed by atoms with van der Waals surface area (Å²) in [7, 11) is 0. The van der Waals surface area contributed by atoms with Crippen LogP contribution in [0.5, 0.6) is 0 Å². The molecule has 0 saturated heterocycles. The Kier molecular flexibility index (Phi) is 11.4. The molecule has 3 N–H and O–H groups in total. The van der Waals surface area contributed by atoms with E-state index in [2.05, 4.69) is 20.9 Å². The Morgan fingerprint density at radius 1 is 0.882 bits per heavy atom. The molecule has 51 heavy (non-hydrogen) atoms. The summed E-state index contributed by atoms with van der Waals surface area (Å²) in [5, 5.41) is 11.3. The number of nitrogens with one attached hydrogen (secondary N) is 3. The summed E-state index contributed by atoms with van der Waals surface area (Å²) in [5.74, 6) is -0.170. The summed E-state index contributed by atoms with van der Waals surface area (Å²) in [4.78, 5) is 44.9. The van der Waals surface area contributed by atoms with Gasteiger partial charge in [-0.15, -0.1) is 23.1 Å². The van der Waals surface area contributed by atoms with E-state index >= 15 is 0 Å². The maximum Gasteiger partial charge on any atom is 0.272 e. The second kappa shape index (κ2) is 16.3. The van der Waals surface area contributed by atoms with Crippen LogP contribution in [0.25, 0.3) is 28.7 Å².